The average Bonchev–Trinajstić information content (AvgIpc) is 2.17. The number of hydrogen-bond donors (Lipinski definition) is 1. The minimum Gasteiger partial charge on any atom is -0.308 e. The predicted molar refractivity (Wildman–Crippen MR) is 52.5 cm³/mol. The van der Waals surface area contributed by atoms with E-state index in [1.165, 1.54) is 38.5 Å². The zero-order valence-electron chi connectivity index (χ0n) is 8.57. The maximum absolute atomic E-state index is 12.0. The van der Waals surface area contributed by atoms with Gasteiger partial charge in [0.15, 0.2) is 0 Å². The summed E-state index contributed by atoms with van der Waals surface area (Å²) in [6.45, 7) is -0.119. The van der Waals surface area contributed by atoms with Crippen molar-refractivity contribution in [3.05, 3.63) is 0 Å². The van der Waals surface area contributed by atoms with E-state index >= 15 is 0 Å². The van der Waals surface area contributed by atoms with Gasteiger partial charge in [0.1, 0.15) is 0 Å². The van der Waals surface area contributed by atoms with Crippen molar-refractivity contribution in [1.29, 1.82) is 0 Å². The SMILES string of the molecule is FC(F)CNC1CCC12CCCCC2. The third-order valence-electron chi connectivity index (χ3n) is 4.04. The Morgan fingerprint density at radius 1 is 1.14 bits per heavy atom. The van der Waals surface area contributed by atoms with Gasteiger partial charge in [0, 0.05) is 6.04 Å². The van der Waals surface area contributed by atoms with Gasteiger partial charge in [-0.15, -0.1) is 0 Å². The Bertz CT molecular complexity index is 188. The molecule has 1 N–H and O–H groups in total. The van der Waals surface area contributed by atoms with E-state index in [1.54, 1.807) is 0 Å². The van der Waals surface area contributed by atoms with E-state index in [9.17, 15) is 8.78 Å². The van der Waals surface area contributed by atoms with Crippen molar-refractivity contribution in [1.82, 2.24) is 5.32 Å². The Morgan fingerprint density at radius 2 is 1.86 bits per heavy atom. The molecular weight excluding hydrogens is 184 g/mol. The maximum atomic E-state index is 12.0. The lowest BCUT2D eigenvalue weighted by Gasteiger charge is -2.52. The van der Waals surface area contributed by atoms with Gasteiger partial charge in [-0.3, -0.25) is 0 Å². The van der Waals surface area contributed by atoms with Crippen LogP contribution in [0, 0.1) is 5.41 Å². The van der Waals surface area contributed by atoms with E-state index in [2.05, 4.69) is 5.32 Å². The van der Waals surface area contributed by atoms with E-state index in [4.69, 9.17) is 0 Å². The second-order valence-corrected chi connectivity index (χ2v) is 4.81. The zero-order chi connectivity index (χ0) is 10.0. The normalized spacial score (nSPS) is 30.6. The standard InChI is InChI=1S/C11H19F2N/c12-10(13)8-14-9-4-7-11(9)5-2-1-3-6-11/h9-10,14H,1-8H2. The number of alkyl halides is 2. The molecular formula is C11H19F2N. The van der Waals surface area contributed by atoms with Gasteiger partial charge in [0.2, 0.25) is 0 Å². The summed E-state index contributed by atoms with van der Waals surface area (Å²) in [5.74, 6) is 0. The van der Waals surface area contributed by atoms with Crippen molar-refractivity contribution in [2.24, 2.45) is 5.41 Å². The molecule has 0 radical (unpaired) electrons. The van der Waals surface area contributed by atoms with Crippen LogP contribution in [0.1, 0.15) is 44.9 Å². The average molecular weight is 203 g/mol. The molecule has 1 unspecified atom stereocenters. The molecule has 3 heteroatoms. The molecule has 0 aliphatic heterocycles. The van der Waals surface area contributed by atoms with Crippen LogP contribution < -0.4 is 5.32 Å². The molecule has 0 aromatic heterocycles. The van der Waals surface area contributed by atoms with E-state index in [0.29, 0.717) is 11.5 Å². The van der Waals surface area contributed by atoms with Crippen molar-refractivity contribution < 1.29 is 8.78 Å². The van der Waals surface area contributed by atoms with Crippen LogP contribution >= 0.6 is 0 Å². The topological polar surface area (TPSA) is 12.0 Å². The fourth-order valence-electron chi connectivity index (χ4n) is 3.10. The van der Waals surface area contributed by atoms with Gasteiger partial charge < -0.3 is 5.32 Å². The van der Waals surface area contributed by atoms with Crippen molar-refractivity contribution in [3.8, 4) is 0 Å². The first-order chi connectivity index (χ1) is 6.73. The van der Waals surface area contributed by atoms with Crippen LogP contribution in [0.25, 0.3) is 0 Å². The van der Waals surface area contributed by atoms with Gasteiger partial charge in [-0.05, 0) is 31.1 Å². The van der Waals surface area contributed by atoms with Crippen LogP contribution in [0.4, 0.5) is 8.78 Å². The molecule has 2 aliphatic carbocycles. The lowest BCUT2D eigenvalue weighted by Crippen LogP contribution is -2.55. The van der Waals surface area contributed by atoms with Gasteiger partial charge >= 0.3 is 0 Å². The predicted octanol–water partition coefficient (Wildman–Crippen LogP) is 2.95. The third-order valence-corrected chi connectivity index (χ3v) is 4.04. The highest BCUT2D eigenvalue weighted by Gasteiger charge is 2.46. The first-order valence-corrected chi connectivity index (χ1v) is 5.74. The van der Waals surface area contributed by atoms with Crippen LogP contribution in [-0.4, -0.2) is 19.0 Å². The fraction of sp³-hybridized carbons (Fsp3) is 1.00. The van der Waals surface area contributed by atoms with Crippen molar-refractivity contribution in [2.45, 2.75) is 57.4 Å². The molecule has 0 aromatic carbocycles. The molecule has 2 rings (SSSR count). The Hall–Kier alpha value is -0.180. The molecule has 2 aliphatic rings. The number of hydrogen-bond acceptors (Lipinski definition) is 1. The second kappa shape index (κ2) is 4.13. The fourth-order valence-corrected chi connectivity index (χ4v) is 3.10. The molecule has 0 amide bonds. The summed E-state index contributed by atoms with van der Waals surface area (Å²) >= 11 is 0. The first kappa shape index (κ1) is 10.3. The van der Waals surface area contributed by atoms with Gasteiger partial charge in [-0.2, -0.15) is 0 Å². The highest BCUT2D eigenvalue weighted by atomic mass is 19.3. The summed E-state index contributed by atoms with van der Waals surface area (Å²) in [6, 6.07) is 0.386. The molecule has 1 spiro atoms. The summed E-state index contributed by atoms with van der Waals surface area (Å²) in [5, 5.41) is 3.03. The summed E-state index contributed by atoms with van der Waals surface area (Å²) in [6.07, 6.45) is 6.61. The van der Waals surface area contributed by atoms with Crippen LogP contribution in [0.2, 0.25) is 0 Å². The third kappa shape index (κ3) is 1.92. The van der Waals surface area contributed by atoms with E-state index in [-0.39, 0.29) is 6.54 Å². The number of halogens is 2. The van der Waals surface area contributed by atoms with Gasteiger partial charge in [0.25, 0.3) is 6.43 Å². The second-order valence-electron chi connectivity index (χ2n) is 4.81. The molecule has 2 saturated carbocycles. The van der Waals surface area contributed by atoms with Gasteiger partial charge in [-0.1, -0.05) is 19.3 Å². The highest BCUT2D eigenvalue weighted by molar-refractivity contribution is 5.01. The van der Waals surface area contributed by atoms with Crippen LogP contribution in [0.15, 0.2) is 0 Å². The minimum atomic E-state index is -2.20. The molecule has 0 saturated heterocycles. The van der Waals surface area contributed by atoms with E-state index in [1.807, 2.05) is 0 Å². The molecule has 82 valence electrons. The highest BCUT2D eigenvalue weighted by Crippen LogP contribution is 2.51. The number of nitrogens with one attached hydrogen (secondary N) is 1. The quantitative estimate of drug-likeness (QED) is 0.743. The monoisotopic (exact) mass is 203 g/mol. The largest absolute Gasteiger partial charge is 0.308 e. The Morgan fingerprint density at radius 3 is 2.36 bits per heavy atom. The Balaban J connectivity index is 1.81. The van der Waals surface area contributed by atoms with Crippen molar-refractivity contribution in [3.63, 3.8) is 0 Å². The van der Waals surface area contributed by atoms with Gasteiger partial charge in [-0.25, -0.2) is 8.78 Å². The zero-order valence-corrected chi connectivity index (χ0v) is 8.57. The summed E-state index contributed by atoms with van der Waals surface area (Å²) in [4.78, 5) is 0. The molecule has 2 fully saturated rings. The summed E-state index contributed by atoms with van der Waals surface area (Å²) < 4.78 is 24.1. The lowest BCUT2D eigenvalue weighted by atomic mass is 9.57. The molecule has 1 nitrogen and oxygen atoms in total. The molecule has 14 heavy (non-hydrogen) atoms. The summed E-state index contributed by atoms with van der Waals surface area (Å²) in [5.41, 5.74) is 0.410. The number of rotatable bonds is 3. The van der Waals surface area contributed by atoms with Gasteiger partial charge in [0.05, 0.1) is 6.54 Å². The first-order valence-electron chi connectivity index (χ1n) is 5.74. The molecule has 1 atom stereocenters. The maximum Gasteiger partial charge on any atom is 0.250 e. The van der Waals surface area contributed by atoms with Crippen LogP contribution in [-0.2, 0) is 0 Å². The van der Waals surface area contributed by atoms with Crippen molar-refractivity contribution >= 4 is 0 Å². The molecule has 0 bridgehead atoms. The van der Waals surface area contributed by atoms with Crippen molar-refractivity contribution in [2.75, 3.05) is 6.54 Å². The lowest BCUT2D eigenvalue weighted by molar-refractivity contribution is 0.0127. The van der Waals surface area contributed by atoms with Crippen LogP contribution in [0.3, 0.4) is 0 Å². The smallest absolute Gasteiger partial charge is 0.250 e. The summed E-state index contributed by atoms with van der Waals surface area (Å²) in [7, 11) is 0. The van der Waals surface area contributed by atoms with E-state index in [0.717, 1.165) is 6.42 Å². The Labute approximate surface area is 84.3 Å². The molecule has 0 heterocycles. The van der Waals surface area contributed by atoms with Crippen LogP contribution in [0.5, 0.6) is 0 Å². The Kier molecular flexibility index (Phi) is 3.05. The van der Waals surface area contributed by atoms with E-state index < -0.39 is 6.43 Å². The molecule has 0 aromatic rings. The minimum absolute atomic E-state index is 0.119.